The van der Waals surface area contributed by atoms with E-state index in [2.05, 4.69) is 4.90 Å². The van der Waals surface area contributed by atoms with Crippen LogP contribution >= 0.6 is 0 Å². The van der Waals surface area contributed by atoms with Gasteiger partial charge in [-0.1, -0.05) is 19.3 Å². The molecule has 0 aromatic carbocycles. The summed E-state index contributed by atoms with van der Waals surface area (Å²) in [4.78, 5) is 34.2. The number of carbonyl (C=O) groups is 3. The maximum atomic E-state index is 12.6. The van der Waals surface area contributed by atoms with Crippen molar-refractivity contribution in [2.24, 2.45) is 5.92 Å². The summed E-state index contributed by atoms with van der Waals surface area (Å²) in [6.45, 7) is 10.0. The van der Waals surface area contributed by atoms with Crippen LogP contribution in [-0.4, -0.2) is 80.1 Å². The van der Waals surface area contributed by atoms with Gasteiger partial charge >= 0.3 is 5.97 Å². The third-order valence-corrected chi connectivity index (χ3v) is 5.07. The molecule has 0 aromatic heterocycles. The third-order valence-electron chi connectivity index (χ3n) is 5.07. The maximum absolute atomic E-state index is 12.6. The van der Waals surface area contributed by atoms with Crippen LogP contribution in [-0.2, 0) is 23.9 Å². The van der Waals surface area contributed by atoms with Crippen LogP contribution in [0.3, 0.4) is 0 Å². The number of carbonyl (C=O) groups excluding carboxylic acids is 2. The Balaban J connectivity index is 0.000000568. The fourth-order valence-electron chi connectivity index (χ4n) is 3.63. The number of quaternary nitrogens is 1. The third kappa shape index (κ3) is 8.99. The van der Waals surface area contributed by atoms with Crippen LogP contribution in [0.25, 0.3) is 0 Å². The first-order valence-corrected chi connectivity index (χ1v) is 10.2. The van der Waals surface area contributed by atoms with E-state index in [9.17, 15) is 4.79 Å². The molecule has 2 fully saturated rings. The largest absolute Gasteiger partial charge is 0.539 e. The zero-order valence-electron chi connectivity index (χ0n) is 17.0. The molecular weight excluding hydrogens is 368 g/mol. The van der Waals surface area contributed by atoms with Gasteiger partial charge in [0.15, 0.2) is 5.97 Å². The highest BCUT2D eigenvalue weighted by molar-refractivity contribution is 6.26. The number of carboxylic acid groups (broad SMARTS) is 2. The van der Waals surface area contributed by atoms with Crippen LogP contribution in [0.4, 0.5) is 0 Å². The van der Waals surface area contributed by atoms with Gasteiger partial charge in [-0.2, -0.15) is 0 Å². The second-order valence-corrected chi connectivity index (χ2v) is 7.05. The van der Waals surface area contributed by atoms with Crippen LogP contribution in [0.2, 0.25) is 0 Å². The zero-order valence-corrected chi connectivity index (χ0v) is 17.0. The molecule has 2 rings (SSSR count). The van der Waals surface area contributed by atoms with Gasteiger partial charge in [0, 0.05) is 19.1 Å². The first kappa shape index (κ1) is 24.3. The second-order valence-electron chi connectivity index (χ2n) is 7.05. The summed E-state index contributed by atoms with van der Waals surface area (Å²) in [6, 6.07) is 0. The highest BCUT2D eigenvalue weighted by atomic mass is 16.7. The van der Waals surface area contributed by atoms with Gasteiger partial charge in [0.25, 0.3) is 0 Å². The van der Waals surface area contributed by atoms with Crippen molar-refractivity contribution < 1.29 is 39.0 Å². The number of nitrogens with zero attached hydrogens (tertiary/aromatic N) is 1. The van der Waals surface area contributed by atoms with E-state index >= 15 is 0 Å². The number of ether oxygens (including phenoxy) is 2. The van der Waals surface area contributed by atoms with Crippen molar-refractivity contribution in [3.8, 4) is 0 Å². The molecule has 2 aliphatic rings. The van der Waals surface area contributed by atoms with Crippen LogP contribution < -0.4 is 10.0 Å². The normalized spacial score (nSPS) is 18.5. The SMILES string of the molecule is CCOC(C[NH+]1CCN(C(=O)C2CCCCC2)CC1)OCC.O=C([O-])C(=O)O. The van der Waals surface area contributed by atoms with Gasteiger partial charge < -0.3 is 34.3 Å². The molecule has 1 saturated carbocycles. The monoisotopic (exact) mass is 402 g/mol. The number of aliphatic carboxylic acids is 2. The average molecular weight is 402 g/mol. The Morgan fingerprint density at radius 2 is 1.57 bits per heavy atom. The van der Waals surface area contributed by atoms with E-state index in [1.54, 1.807) is 0 Å². The molecule has 9 nitrogen and oxygen atoms in total. The number of hydrogen-bond acceptors (Lipinski definition) is 6. The molecular formula is C19H34N2O7. The summed E-state index contributed by atoms with van der Waals surface area (Å²) in [5, 5.41) is 16.3. The Morgan fingerprint density at radius 1 is 1.07 bits per heavy atom. The van der Waals surface area contributed by atoms with Crippen molar-refractivity contribution in [1.82, 2.24) is 4.90 Å². The number of piperazine rings is 1. The van der Waals surface area contributed by atoms with E-state index in [4.69, 9.17) is 29.3 Å². The van der Waals surface area contributed by atoms with E-state index in [1.165, 1.54) is 24.2 Å². The molecule has 28 heavy (non-hydrogen) atoms. The minimum atomic E-state index is -2.07. The molecule has 0 bridgehead atoms. The summed E-state index contributed by atoms with van der Waals surface area (Å²) in [6.07, 6.45) is 5.85. The highest BCUT2D eigenvalue weighted by Crippen LogP contribution is 2.25. The van der Waals surface area contributed by atoms with Crippen LogP contribution in [0.1, 0.15) is 46.0 Å². The molecule has 1 aliphatic carbocycles. The maximum Gasteiger partial charge on any atom is 0.351 e. The fourth-order valence-corrected chi connectivity index (χ4v) is 3.63. The summed E-state index contributed by atoms with van der Waals surface area (Å²) in [5.41, 5.74) is 0. The summed E-state index contributed by atoms with van der Waals surface area (Å²) >= 11 is 0. The van der Waals surface area contributed by atoms with Gasteiger partial charge in [-0.05, 0) is 26.7 Å². The predicted molar refractivity (Wildman–Crippen MR) is 98.4 cm³/mol. The number of carboxylic acids is 2. The topological polar surface area (TPSA) is 121 Å². The lowest BCUT2D eigenvalue weighted by Crippen LogP contribution is -3.16. The van der Waals surface area contributed by atoms with Gasteiger partial charge in [0.1, 0.15) is 6.54 Å². The van der Waals surface area contributed by atoms with E-state index in [0.717, 1.165) is 45.6 Å². The van der Waals surface area contributed by atoms with Gasteiger partial charge in [-0.3, -0.25) is 4.79 Å². The van der Waals surface area contributed by atoms with Crippen molar-refractivity contribution in [2.45, 2.75) is 52.2 Å². The van der Waals surface area contributed by atoms with Gasteiger partial charge in [-0.15, -0.1) is 0 Å². The minimum Gasteiger partial charge on any atom is -0.539 e. The van der Waals surface area contributed by atoms with Crippen molar-refractivity contribution in [2.75, 3.05) is 45.9 Å². The van der Waals surface area contributed by atoms with E-state index in [1.807, 2.05) is 13.8 Å². The molecule has 0 radical (unpaired) electrons. The lowest BCUT2D eigenvalue weighted by atomic mass is 9.88. The molecule has 1 aliphatic heterocycles. The summed E-state index contributed by atoms with van der Waals surface area (Å²) < 4.78 is 11.3. The second kappa shape index (κ2) is 13.5. The van der Waals surface area contributed by atoms with E-state index in [-0.39, 0.29) is 6.29 Å². The smallest absolute Gasteiger partial charge is 0.351 e. The van der Waals surface area contributed by atoms with Gasteiger partial charge in [-0.25, -0.2) is 4.79 Å². The molecule has 1 saturated heterocycles. The molecule has 0 spiro atoms. The average Bonchev–Trinajstić information content (AvgIpc) is 2.69. The minimum absolute atomic E-state index is 0.106. The van der Waals surface area contributed by atoms with E-state index in [0.29, 0.717) is 25.0 Å². The molecule has 9 heteroatoms. The fraction of sp³-hybridized carbons (Fsp3) is 0.842. The van der Waals surface area contributed by atoms with Crippen LogP contribution in [0, 0.1) is 5.92 Å². The zero-order chi connectivity index (χ0) is 20.9. The lowest BCUT2D eigenvalue weighted by molar-refractivity contribution is -0.910. The predicted octanol–water partition coefficient (Wildman–Crippen LogP) is -1.49. The first-order valence-electron chi connectivity index (χ1n) is 10.2. The number of amides is 1. The van der Waals surface area contributed by atoms with Crippen molar-refractivity contribution >= 4 is 17.8 Å². The highest BCUT2D eigenvalue weighted by Gasteiger charge is 2.30. The Hall–Kier alpha value is -1.71. The lowest BCUT2D eigenvalue weighted by Gasteiger charge is -2.36. The standard InChI is InChI=1S/C17H32N2O3.C2H2O4/c1-3-21-16(22-4-2)14-18-10-12-19(13-11-18)17(20)15-8-6-5-7-9-15;3-1(4)2(5)6/h15-16H,3-14H2,1-2H3;(H,3,4)(H,5,6). The van der Waals surface area contributed by atoms with Crippen molar-refractivity contribution in [1.29, 1.82) is 0 Å². The van der Waals surface area contributed by atoms with Crippen LogP contribution in [0.5, 0.6) is 0 Å². The van der Waals surface area contributed by atoms with Gasteiger partial charge in [0.2, 0.25) is 12.2 Å². The number of hydrogen-bond donors (Lipinski definition) is 2. The van der Waals surface area contributed by atoms with Crippen molar-refractivity contribution in [3.63, 3.8) is 0 Å². The molecule has 162 valence electrons. The quantitative estimate of drug-likeness (QED) is 0.393. The Bertz CT molecular complexity index is 469. The van der Waals surface area contributed by atoms with Crippen LogP contribution in [0.15, 0.2) is 0 Å². The Kier molecular flexibility index (Phi) is 11.7. The van der Waals surface area contributed by atoms with Gasteiger partial charge in [0.05, 0.1) is 26.2 Å². The molecule has 2 N–H and O–H groups in total. The summed E-state index contributed by atoms with van der Waals surface area (Å²) in [7, 11) is 0. The van der Waals surface area contributed by atoms with E-state index < -0.39 is 11.9 Å². The molecule has 1 heterocycles. The Labute approximate surface area is 166 Å². The number of rotatable bonds is 7. The molecule has 0 aromatic rings. The molecule has 1 amide bonds. The molecule has 0 atom stereocenters. The van der Waals surface area contributed by atoms with Crippen molar-refractivity contribution in [3.05, 3.63) is 0 Å². The Morgan fingerprint density at radius 3 is 2.00 bits per heavy atom. The molecule has 0 unspecified atom stereocenters. The number of nitrogens with one attached hydrogen (secondary N) is 1. The summed E-state index contributed by atoms with van der Waals surface area (Å²) in [5.74, 6) is -3.30. The first-order chi connectivity index (χ1) is 13.4.